The number of hydrogen-bond donors (Lipinski definition) is 4. The highest BCUT2D eigenvalue weighted by Crippen LogP contribution is 2.35. The van der Waals surface area contributed by atoms with Crippen LogP contribution in [0.5, 0.6) is 5.75 Å². The van der Waals surface area contributed by atoms with E-state index in [4.69, 9.17) is 9.47 Å². The Kier molecular flexibility index (Phi) is 6.50. The molecule has 2 aromatic carbocycles. The fourth-order valence-electron chi connectivity index (χ4n) is 4.38. The molecule has 0 radical (unpaired) electrons. The van der Waals surface area contributed by atoms with Gasteiger partial charge in [0.25, 0.3) is 0 Å². The van der Waals surface area contributed by atoms with Gasteiger partial charge in [-0.1, -0.05) is 18.2 Å². The summed E-state index contributed by atoms with van der Waals surface area (Å²) in [6.07, 6.45) is -4.34. The number of aliphatic hydroxyl groups excluding tert-OH is 4. The highest BCUT2D eigenvalue weighted by atomic mass is 19.1. The highest BCUT2D eigenvalue weighted by Gasteiger charge is 2.44. The highest BCUT2D eigenvalue weighted by molar-refractivity contribution is 5.87. The fourth-order valence-corrected chi connectivity index (χ4v) is 4.38. The van der Waals surface area contributed by atoms with E-state index in [-0.39, 0.29) is 5.82 Å². The molecule has 8 heteroatoms. The Bertz CT molecular complexity index is 1100. The number of aromatic nitrogens is 1. The zero-order valence-electron chi connectivity index (χ0n) is 18.0. The molecule has 0 amide bonds. The second-order valence-corrected chi connectivity index (χ2v) is 8.11. The lowest BCUT2D eigenvalue weighted by Crippen LogP contribution is -2.56. The molecule has 5 atom stereocenters. The van der Waals surface area contributed by atoms with E-state index in [0.29, 0.717) is 24.3 Å². The van der Waals surface area contributed by atoms with Crippen molar-refractivity contribution in [2.24, 2.45) is 0 Å². The molecule has 3 aromatic rings. The molecule has 4 rings (SSSR count). The smallest absolute Gasteiger partial charge is 0.163 e. The molecule has 1 aliphatic heterocycles. The third kappa shape index (κ3) is 4.00. The van der Waals surface area contributed by atoms with E-state index in [1.165, 1.54) is 6.07 Å². The van der Waals surface area contributed by atoms with Gasteiger partial charge in [0, 0.05) is 24.1 Å². The lowest BCUT2D eigenvalue weighted by molar-refractivity contribution is -0.250. The lowest BCUT2D eigenvalue weighted by atomic mass is 9.98. The summed E-state index contributed by atoms with van der Waals surface area (Å²) < 4.78 is 27.5. The Balaban J connectivity index is 1.76. The molecule has 0 bridgehead atoms. The SMILES string of the molecule is CCOc1ccc(Cc2cn([C@@H]3O[C@H](CO)[C@@H](O)[C@H](O)[C@H]3O)c3cccc(C)c23)c(F)c1. The average molecular weight is 445 g/mol. The number of ether oxygens (including phenoxy) is 2. The van der Waals surface area contributed by atoms with Gasteiger partial charge < -0.3 is 34.5 Å². The molecule has 1 aromatic heterocycles. The first-order valence-electron chi connectivity index (χ1n) is 10.7. The summed E-state index contributed by atoms with van der Waals surface area (Å²) >= 11 is 0. The molecule has 7 nitrogen and oxygen atoms in total. The largest absolute Gasteiger partial charge is 0.494 e. The Labute approximate surface area is 185 Å². The fraction of sp³-hybridized carbons (Fsp3) is 0.417. The normalized spacial score (nSPS) is 25.9. The molecule has 0 unspecified atom stereocenters. The number of aliphatic hydroxyl groups is 4. The molecular formula is C24H28FNO6. The van der Waals surface area contributed by atoms with Crippen molar-refractivity contribution in [3.63, 3.8) is 0 Å². The van der Waals surface area contributed by atoms with Crippen LogP contribution in [0.4, 0.5) is 4.39 Å². The topological polar surface area (TPSA) is 104 Å². The van der Waals surface area contributed by atoms with E-state index < -0.39 is 37.3 Å². The monoisotopic (exact) mass is 445 g/mol. The Hall–Kier alpha value is -2.49. The molecule has 0 spiro atoms. The molecule has 2 heterocycles. The van der Waals surface area contributed by atoms with Crippen molar-refractivity contribution < 1.29 is 34.3 Å². The third-order valence-corrected chi connectivity index (χ3v) is 6.00. The van der Waals surface area contributed by atoms with E-state index in [1.54, 1.807) is 22.9 Å². The van der Waals surface area contributed by atoms with Gasteiger partial charge in [-0.3, -0.25) is 0 Å². The second-order valence-electron chi connectivity index (χ2n) is 8.11. The molecule has 1 aliphatic rings. The average Bonchev–Trinajstić information content (AvgIpc) is 3.14. The van der Waals surface area contributed by atoms with Crippen LogP contribution in [0.1, 0.15) is 29.8 Å². The summed E-state index contributed by atoms with van der Waals surface area (Å²) in [4.78, 5) is 0. The number of rotatable bonds is 6. The summed E-state index contributed by atoms with van der Waals surface area (Å²) in [6, 6.07) is 10.4. The van der Waals surface area contributed by atoms with Gasteiger partial charge in [0.1, 0.15) is 36.0 Å². The Morgan fingerprint density at radius 3 is 2.53 bits per heavy atom. The molecule has 172 valence electrons. The molecule has 1 saturated heterocycles. The van der Waals surface area contributed by atoms with Gasteiger partial charge in [-0.15, -0.1) is 0 Å². The van der Waals surface area contributed by atoms with Crippen LogP contribution < -0.4 is 4.74 Å². The number of nitrogens with zero attached hydrogens (tertiary/aromatic N) is 1. The van der Waals surface area contributed by atoms with Crippen LogP contribution in [0.3, 0.4) is 0 Å². The Morgan fingerprint density at radius 2 is 1.84 bits per heavy atom. The van der Waals surface area contributed by atoms with E-state index in [9.17, 15) is 24.8 Å². The Morgan fingerprint density at radius 1 is 1.06 bits per heavy atom. The summed E-state index contributed by atoms with van der Waals surface area (Å²) in [5.74, 6) is 0.0898. The first-order valence-corrected chi connectivity index (χ1v) is 10.7. The maximum Gasteiger partial charge on any atom is 0.163 e. The molecule has 1 fully saturated rings. The van der Waals surface area contributed by atoms with E-state index >= 15 is 0 Å². The summed E-state index contributed by atoms with van der Waals surface area (Å²) in [5, 5.41) is 41.4. The number of aryl methyl sites for hydroxylation is 1. The van der Waals surface area contributed by atoms with Crippen molar-refractivity contribution in [1.29, 1.82) is 0 Å². The van der Waals surface area contributed by atoms with Gasteiger partial charge >= 0.3 is 0 Å². The zero-order chi connectivity index (χ0) is 23.0. The minimum Gasteiger partial charge on any atom is -0.494 e. The standard InChI is InChI=1S/C24H28FNO6/c1-3-31-16-8-7-14(17(25)10-16)9-15-11-26(18-6-4-5-13(2)20(15)18)24-23(30)22(29)21(28)19(12-27)32-24/h4-8,10-11,19,21-24,27-30H,3,9,12H2,1-2H3/t19-,21-,22+,23-,24-/m1/s1. The summed E-state index contributed by atoms with van der Waals surface area (Å²) in [6.45, 7) is 3.72. The first-order chi connectivity index (χ1) is 15.3. The maximum atomic E-state index is 14.7. The molecular weight excluding hydrogens is 417 g/mol. The van der Waals surface area contributed by atoms with Crippen molar-refractivity contribution in [3.8, 4) is 5.75 Å². The minimum absolute atomic E-state index is 0.296. The van der Waals surface area contributed by atoms with Crippen molar-refractivity contribution in [3.05, 3.63) is 65.1 Å². The number of halogens is 1. The van der Waals surface area contributed by atoms with Crippen LogP contribution in [0.2, 0.25) is 0 Å². The quantitative estimate of drug-likeness (QED) is 0.463. The summed E-state index contributed by atoms with van der Waals surface area (Å²) in [7, 11) is 0. The second kappa shape index (κ2) is 9.17. The van der Waals surface area contributed by atoms with E-state index in [2.05, 4.69) is 0 Å². The van der Waals surface area contributed by atoms with Crippen molar-refractivity contribution in [1.82, 2.24) is 4.57 Å². The number of benzene rings is 2. The van der Waals surface area contributed by atoms with Crippen LogP contribution in [0, 0.1) is 12.7 Å². The molecule has 4 N–H and O–H groups in total. The van der Waals surface area contributed by atoms with E-state index in [0.717, 1.165) is 22.0 Å². The first kappa shape index (κ1) is 22.7. The van der Waals surface area contributed by atoms with Gasteiger partial charge in [-0.2, -0.15) is 0 Å². The van der Waals surface area contributed by atoms with Gasteiger partial charge in [-0.25, -0.2) is 4.39 Å². The minimum atomic E-state index is -1.49. The molecule has 0 aliphatic carbocycles. The van der Waals surface area contributed by atoms with Gasteiger partial charge in [-0.05, 0) is 42.7 Å². The van der Waals surface area contributed by atoms with E-state index in [1.807, 2.05) is 32.0 Å². The van der Waals surface area contributed by atoms with Crippen LogP contribution in [-0.2, 0) is 11.2 Å². The van der Waals surface area contributed by atoms with Crippen LogP contribution in [0.15, 0.2) is 42.6 Å². The molecule has 32 heavy (non-hydrogen) atoms. The third-order valence-electron chi connectivity index (χ3n) is 6.00. The van der Waals surface area contributed by atoms with Crippen molar-refractivity contribution in [2.45, 2.75) is 50.9 Å². The van der Waals surface area contributed by atoms with Crippen molar-refractivity contribution >= 4 is 10.9 Å². The molecule has 0 saturated carbocycles. The number of fused-ring (bicyclic) bond motifs is 1. The van der Waals surface area contributed by atoms with Gasteiger partial charge in [0.05, 0.1) is 18.7 Å². The van der Waals surface area contributed by atoms with Crippen molar-refractivity contribution in [2.75, 3.05) is 13.2 Å². The van der Waals surface area contributed by atoms with Gasteiger partial charge in [0.15, 0.2) is 6.23 Å². The number of hydrogen-bond acceptors (Lipinski definition) is 6. The van der Waals surface area contributed by atoms with Gasteiger partial charge in [0.2, 0.25) is 0 Å². The summed E-state index contributed by atoms with van der Waals surface area (Å²) in [5.41, 5.74) is 3.01. The van der Waals surface area contributed by atoms with Crippen LogP contribution >= 0.6 is 0 Å². The predicted molar refractivity (Wildman–Crippen MR) is 116 cm³/mol. The zero-order valence-corrected chi connectivity index (χ0v) is 18.0. The lowest BCUT2D eigenvalue weighted by Gasteiger charge is -2.40. The predicted octanol–water partition coefficient (Wildman–Crippen LogP) is 2.05. The van der Waals surface area contributed by atoms with Crippen LogP contribution in [0.25, 0.3) is 10.9 Å². The maximum absolute atomic E-state index is 14.7. The van der Waals surface area contributed by atoms with Crippen LogP contribution in [-0.4, -0.2) is 62.6 Å².